The van der Waals surface area contributed by atoms with E-state index < -0.39 is 0 Å². The number of aromatic nitrogens is 2. The van der Waals surface area contributed by atoms with Gasteiger partial charge in [-0.25, -0.2) is 4.68 Å². The lowest BCUT2D eigenvalue weighted by Crippen LogP contribution is -2.33. The molecule has 2 aromatic carbocycles. The van der Waals surface area contributed by atoms with Crippen molar-refractivity contribution < 1.29 is 4.79 Å². The molecule has 1 atom stereocenters. The molecule has 0 saturated carbocycles. The highest BCUT2D eigenvalue weighted by atomic mass is 32.2. The van der Waals surface area contributed by atoms with Crippen LogP contribution in [0.5, 0.6) is 0 Å². The zero-order valence-electron chi connectivity index (χ0n) is 21.1. The molecule has 0 bridgehead atoms. The van der Waals surface area contributed by atoms with Crippen LogP contribution in [0, 0.1) is 5.92 Å². The fourth-order valence-electron chi connectivity index (χ4n) is 4.28. The number of unbranched alkanes of at least 4 members (excludes halogenated alkanes) is 1. The molecule has 0 aliphatic carbocycles. The summed E-state index contributed by atoms with van der Waals surface area (Å²) in [5, 5.41) is 4.93. The Morgan fingerprint density at radius 3 is 2.50 bits per heavy atom. The second kappa shape index (κ2) is 12.7. The average molecular weight is 536 g/mol. The Kier molecular flexibility index (Phi) is 9.46. The lowest BCUT2D eigenvalue weighted by molar-refractivity contribution is -0.122. The third-order valence-electron chi connectivity index (χ3n) is 6.35. The summed E-state index contributed by atoms with van der Waals surface area (Å²) in [6.07, 6.45) is 8.49. The highest BCUT2D eigenvalue weighted by Crippen LogP contribution is 2.36. The third-order valence-corrected chi connectivity index (χ3v) is 8.62. The van der Waals surface area contributed by atoms with Crippen LogP contribution in [0.15, 0.2) is 70.6 Å². The molecule has 1 aliphatic rings. The maximum absolute atomic E-state index is 13.4. The van der Waals surface area contributed by atoms with Crippen molar-refractivity contribution in [2.75, 3.05) is 12.3 Å². The Morgan fingerprint density at radius 2 is 1.83 bits per heavy atom. The molecule has 0 spiro atoms. The standard InChI is InChI=1S/C29H33N3OS3/c1-4-7-11-21(5-2)19-31-28(33)26(36-29(31)34)18-23-20-32(24-12-9-8-10-13-24)30-27(23)22-14-16-25(17-15-22)35-6-3/h8-10,12-18,20-21H,4-7,11,19H2,1-3H3/b26-18-/t21-/m0/s1. The second-order valence-electron chi connectivity index (χ2n) is 8.88. The van der Waals surface area contributed by atoms with E-state index in [-0.39, 0.29) is 5.91 Å². The monoisotopic (exact) mass is 535 g/mol. The Bertz CT molecular complexity index is 1220. The number of hydrogen-bond donors (Lipinski definition) is 0. The van der Waals surface area contributed by atoms with Crippen LogP contribution >= 0.6 is 35.7 Å². The van der Waals surface area contributed by atoms with Crippen molar-refractivity contribution in [1.82, 2.24) is 14.7 Å². The quantitative estimate of drug-likeness (QED) is 0.141. The molecule has 1 amide bonds. The van der Waals surface area contributed by atoms with Gasteiger partial charge in [-0.1, -0.05) is 94.3 Å². The van der Waals surface area contributed by atoms with Gasteiger partial charge in [0.05, 0.1) is 16.3 Å². The predicted octanol–water partition coefficient (Wildman–Crippen LogP) is 8.07. The smallest absolute Gasteiger partial charge is 0.266 e. The van der Waals surface area contributed by atoms with Crippen LogP contribution in [-0.2, 0) is 4.79 Å². The van der Waals surface area contributed by atoms with Crippen molar-refractivity contribution in [2.24, 2.45) is 5.92 Å². The summed E-state index contributed by atoms with van der Waals surface area (Å²) < 4.78 is 2.54. The molecule has 2 heterocycles. The molecule has 0 N–H and O–H groups in total. The van der Waals surface area contributed by atoms with Crippen molar-refractivity contribution in [1.29, 1.82) is 0 Å². The first-order chi connectivity index (χ1) is 17.5. The summed E-state index contributed by atoms with van der Waals surface area (Å²) in [6.45, 7) is 7.26. The van der Waals surface area contributed by atoms with E-state index in [1.165, 1.54) is 29.5 Å². The maximum atomic E-state index is 13.4. The normalized spacial score (nSPS) is 15.8. The molecule has 4 rings (SSSR count). The molecule has 4 nitrogen and oxygen atoms in total. The number of nitrogens with zero attached hydrogens (tertiary/aromatic N) is 3. The Labute approximate surface area is 228 Å². The number of benzene rings is 2. The largest absolute Gasteiger partial charge is 0.293 e. The molecule has 7 heteroatoms. The Balaban J connectivity index is 1.67. The molecule has 3 aromatic rings. The van der Waals surface area contributed by atoms with E-state index in [4.69, 9.17) is 17.3 Å². The van der Waals surface area contributed by atoms with E-state index in [0.717, 1.165) is 41.1 Å². The topological polar surface area (TPSA) is 38.1 Å². The summed E-state index contributed by atoms with van der Waals surface area (Å²) in [7, 11) is 0. The van der Waals surface area contributed by atoms with Gasteiger partial charge in [0, 0.05) is 28.8 Å². The number of hydrogen-bond acceptors (Lipinski definition) is 5. The lowest BCUT2D eigenvalue weighted by atomic mass is 9.99. The molecule has 0 unspecified atom stereocenters. The summed E-state index contributed by atoms with van der Waals surface area (Å²) in [4.78, 5) is 17.1. The number of carbonyl (C=O) groups excluding carboxylic acids is 1. The maximum Gasteiger partial charge on any atom is 0.266 e. The van der Waals surface area contributed by atoms with Crippen LogP contribution < -0.4 is 0 Å². The Hall–Kier alpha value is -2.35. The van der Waals surface area contributed by atoms with Crippen molar-refractivity contribution in [3.05, 3.63) is 71.3 Å². The van der Waals surface area contributed by atoms with Gasteiger partial charge in [0.25, 0.3) is 5.91 Å². The molecule has 188 valence electrons. The molecule has 36 heavy (non-hydrogen) atoms. The number of carbonyl (C=O) groups is 1. The number of thioether (sulfide) groups is 2. The van der Waals surface area contributed by atoms with Crippen LogP contribution in [0.1, 0.15) is 52.0 Å². The van der Waals surface area contributed by atoms with Crippen molar-refractivity contribution in [2.45, 2.75) is 51.3 Å². The van der Waals surface area contributed by atoms with Gasteiger partial charge in [0.1, 0.15) is 4.32 Å². The van der Waals surface area contributed by atoms with Gasteiger partial charge in [-0.15, -0.1) is 11.8 Å². The Morgan fingerprint density at radius 1 is 1.08 bits per heavy atom. The summed E-state index contributed by atoms with van der Waals surface area (Å²) >= 11 is 8.86. The molecular formula is C29H33N3OS3. The van der Waals surface area contributed by atoms with E-state index in [1.807, 2.05) is 59.0 Å². The first-order valence-corrected chi connectivity index (χ1v) is 14.9. The van der Waals surface area contributed by atoms with Crippen LogP contribution in [0.2, 0.25) is 0 Å². The first kappa shape index (κ1) is 26.7. The van der Waals surface area contributed by atoms with Crippen molar-refractivity contribution >= 4 is 52.0 Å². The van der Waals surface area contributed by atoms with E-state index in [1.54, 1.807) is 4.90 Å². The minimum absolute atomic E-state index is 0.00746. The lowest BCUT2D eigenvalue weighted by Gasteiger charge is -2.21. The fraction of sp³-hybridized carbons (Fsp3) is 0.345. The van der Waals surface area contributed by atoms with Crippen LogP contribution in [-0.4, -0.2) is 37.2 Å². The highest BCUT2D eigenvalue weighted by Gasteiger charge is 2.33. The van der Waals surface area contributed by atoms with E-state index in [2.05, 4.69) is 45.0 Å². The molecular weight excluding hydrogens is 503 g/mol. The second-order valence-corrected chi connectivity index (χ2v) is 11.9. The number of para-hydroxylation sites is 1. The van der Waals surface area contributed by atoms with Crippen LogP contribution in [0.25, 0.3) is 23.0 Å². The molecule has 1 aliphatic heterocycles. The van der Waals surface area contributed by atoms with E-state index >= 15 is 0 Å². The summed E-state index contributed by atoms with van der Waals surface area (Å²) in [6, 6.07) is 18.5. The van der Waals surface area contributed by atoms with Crippen LogP contribution in [0.3, 0.4) is 0 Å². The van der Waals surface area contributed by atoms with Gasteiger partial charge >= 0.3 is 0 Å². The summed E-state index contributed by atoms with van der Waals surface area (Å²) in [5.41, 5.74) is 3.77. The van der Waals surface area contributed by atoms with E-state index in [0.29, 0.717) is 21.7 Å². The van der Waals surface area contributed by atoms with Crippen LogP contribution in [0.4, 0.5) is 0 Å². The number of thiocarbonyl (C=S) groups is 1. The van der Waals surface area contributed by atoms with Gasteiger partial charge in [-0.05, 0) is 48.4 Å². The van der Waals surface area contributed by atoms with Gasteiger partial charge in [-0.2, -0.15) is 5.10 Å². The van der Waals surface area contributed by atoms with Crippen molar-refractivity contribution in [3.63, 3.8) is 0 Å². The van der Waals surface area contributed by atoms with Gasteiger partial charge in [0.15, 0.2) is 0 Å². The third kappa shape index (κ3) is 6.31. The zero-order chi connectivity index (χ0) is 25.5. The van der Waals surface area contributed by atoms with Crippen molar-refractivity contribution in [3.8, 4) is 16.9 Å². The van der Waals surface area contributed by atoms with Gasteiger partial charge in [-0.3, -0.25) is 9.69 Å². The van der Waals surface area contributed by atoms with Gasteiger partial charge in [0.2, 0.25) is 0 Å². The summed E-state index contributed by atoms with van der Waals surface area (Å²) in [5.74, 6) is 1.52. The fourth-order valence-corrected chi connectivity index (χ4v) is 6.21. The number of rotatable bonds is 11. The minimum atomic E-state index is 0.00746. The van der Waals surface area contributed by atoms with Gasteiger partial charge < -0.3 is 0 Å². The first-order valence-electron chi connectivity index (χ1n) is 12.7. The predicted molar refractivity (Wildman–Crippen MR) is 159 cm³/mol. The molecule has 0 radical (unpaired) electrons. The number of amides is 1. The molecule has 1 aromatic heterocycles. The minimum Gasteiger partial charge on any atom is -0.293 e. The zero-order valence-corrected chi connectivity index (χ0v) is 23.6. The average Bonchev–Trinajstić information content (AvgIpc) is 3.44. The van der Waals surface area contributed by atoms with E-state index in [9.17, 15) is 4.79 Å². The SMILES string of the molecule is CCCC[C@H](CC)CN1C(=O)/C(=C/c2cn(-c3ccccc3)nc2-c2ccc(SCC)cc2)SC1=S. The molecule has 1 saturated heterocycles. The molecule has 1 fully saturated rings. The highest BCUT2D eigenvalue weighted by molar-refractivity contribution is 8.26.